The number of para-hydroxylation sites is 1. The van der Waals surface area contributed by atoms with E-state index in [1.165, 1.54) is 0 Å². The third-order valence-corrected chi connectivity index (χ3v) is 2.14. The van der Waals surface area contributed by atoms with Crippen LogP contribution in [-0.2, 0) is 4.74 Å². The zero-order chi connectivity index (χ0) is 10.7. The van der Waals surface area contributed by atoms with Crippen molar-refractivity contribution in [2.75, 3.05) is 6.61 Å². The van der Waals surface area contributed by atoms with Gasteiger partial charge in [0, 0.05) is 12.2 Å². The van der Waals surface area contributed by atoms with Crippen LogP contribution in [0.15, 0.2) is 24.3 Å². The number of amides is 1. The van der Waals surface area contributed by atoms with Gasteiger partial charge in [0.05, 0.1) is 0 Å². The fourth-order valence-electron chi connectivity index (χ4n) is 1.47. The predicted molar refractivity (Wildman–Crippen MR) is 54.6 cm³/mol. The largest absolute Gasteiger partial charge is 0.414 e. The van der Waals surface area contributed by atoms with E-state index < -0.39 is 6.09 Å². The molecule has 0 bridgehead atoms. The van der Waals surface area contributed by atoms with Crippen LogP contribution in [0.2, 0.25) is 0 Å². The third-order valence-electron chi connectivity index (χ3n) is 2.14. The van der Waals surface area contributed by atoms with E-state index in [2.05, 4.69) is 5.32 Å². The highest BCUT2D eigenvalue weighted by molar-refractivity contribution is 5.73. The van der Waals surface area contributed by atoms with Gasteiger partial charge in [-0.3, -0.25) is 5.32 Å². The predicted octanol–water partition coefficient (Wildman–Crippen LogP) is 2.21. The molecule has 1 atom stereocenters. The molecule has 1 heterocycles. The lowest BCUT2D eigenvalue weighted by molar-refractivity contribution is 0.0227. The SMILES string of the molecule is CCCO[C@@H]1NC(=O)Oc2ccccc21. The highest BCUT2D eigenvalue weighted by atomic mass is 16.6. The van der Waals surface area contributed by atoms with Crippen LogP contribution in [0, 0.1) is 0 Å². The number of nitrogens with one attached hydrogen (secondary N) is 1. The Kier molecular flexibility index (Phi) is 2.87. The molecule has 1 aliphatic heterocycles. The maximum atomic E-state index is 11.2. The molecule has 1 amide bonds. The van der Waals surface area contributed by atoms with E-state index in [4.69, 9.17) is 9.47 Å². The Balaban J connectivity index is 2.22. The summed E-state index contributed by atoms with van der Waals surface area (Å²) in [6.07, 6.45) is 0.0623. The van der Waals surface area contributed by atoms with Crippen molar-refractivity contribution in [2.24, 2.45) is 0 Å². The van der Waals surface area contributed by atoms with Gasteiger partial charge >= 0.3 is 6.09 Å². The van der Waals surface area contributed by atoms with E-state index in [9.17, 15) is 4.79 Å². The lowest BCUT2D eigenvalue weighted by Gasteiger charge is -2.25. The molecule has 1 aromatic rings. The number of carbonyl (C=O) groups excluding carboxylic acids is 1. The zero-order valence-electron chi connectivity index (χ0n) is 8.53. The van der Waals surface area contributed by atoms with Crippen LogP contribution in [0.5, 0.6) is 5.75 Å². The Morgan fingerprint density at radius 2 is 2.27 bits per heavy atom. The van der Waals surface area contributed by atoms with Crippen LogP contribution in [0.1, 0.15) is 25.1 Å². The highest BCUT2D eigenvalue weighted by Gasteiger charge is 2.25. The average Bonchev–Trinajstić information content (AvgIpc) is 2.25. The Morgan fingerprint density at radius 1 is 1.47 bits per heavy atom. The van der Waals surface area contributed by atoms with Gasteiger partial charge in [-0.15, -0.1) is 0 Å². The number of ether oxygens (including phenoxy) is 2. The monoisotopic (exact) mass is 207 g/mol. The Morgan fingerprint density at radius 3 is 3.07 bits per heavy atom. The van der Waals surface area contributed by atoms with Gasteiger partial charge in [0.2, 0.25) is 0 Å². The molecule has 2 rings (SSSR count). The molecule has 0 aromatic heterocycles. The van der Waals surface area contributed by atoms with E-state index in [0.29, 0.717) is 12.4 Å². The molecule has 4 nitrogen and oxygen atoms in total. The van der Waals surface area contributed by atoms with Crippen molar-refractivity contribution in [3.05, 3.63) is 29.8 Å². The first kappa shape index (κ1) is 9.98. The first-order valence-electron chi connectivity index (χ1n) is 5.00. The van der Waals surface area contributed by atoms with Crippen molar-refractivity contribution in [1.29, 1.82) is 0 Å². The summed E-state index contributed by atoms with van der Waals surface area (Å²) in [4.78, 5) is 11.2. The molecular formula is C11H13NO3. The van der Waals surface area contributed by atoms with Gasteiger partial charge in [0.25, 0.3) is 0 Å². The minimum atomic E-state index is -0.463. The van der Waals surface area contributed by atoms with Crippen LogP contribution in [-0.4, -0.2) is 12.7 Å². The average molecular weight is 207 g/mol. The second kappa shape index (κ2) is 4.31. The topological polar surface area (TPSA) is 47.6 Å². The van der Waals surface area contributed by atoms with E-state index in [1.807, 2.05) is 25.1 Å². The minimum Gasteiger partial charge on any atom is -0.410 e. The highest BCUT2D eigenvalue weighted by Crippen LogP contribution is 2.29. The van der Waals surface area contributed by atoms with Crippen LogP contribution < -0.4 is 10.1 Å². The molecule has 4 heteroatoms. The lowest BCUT2D eigenvalue weighted by atomic mass is 10.1. The Labute approximate surface area is 88.2 Å². The van der Waals surface area contributed by atoms with E-state index in [1.54, 1.807) is 6.07 Å². The van der Waals surface area contributed by atoms with Crippen molar-refractivity contribution in [3.63, 3.8) is 0 Å². The smallest absolute Gasteiger partial charge is 0.410 e. The fourth-order valence-corrected chi connectivity index (χ4v) is 1.47. The van der Waals surface area contributed by atoms with Crippen molar-refractivity contribution in [3.8, 4) is 5.75 Å². The Hall–Kier alpha value is -1.55. The van der Waals surface area contributed by atoms with Crippen molar-refractivity contribution in [2.45, 2.75) is 19.6 Å². The fraction of sp³-hybridized carbons (Fsp3) is 0.364. The quantitative estimate of drug-likeness (QED) is 0.826. The molecule has 0 spiro atoms. The number of hydrogen-bond acceptors (Lipinski definition) is 3. The van der Waals surface area contributed by atoms with Crippen LogP contribution >= 0.6 is 0 Å². The zero-order valence-corrected chi connectivity index (χ0v) is 8.53. The molecule has 0 unspecified atom stereocenters. The molecule has 1 N–H and O–H groups in total. The second-order valence-corrected chi connectivity index (χ2v) is 3.32. The van der Waals surface area contributed by atoms with Gasteiger partial charge in [0.15, 0.2) is 6.23 Å². The summed E-state index contributed by atoms with van der Waals surface area (Å²) in [5.41, 5.74) is 0.866. The number of carbonyl (C=O) groups is 1. The molecule has 0 aliphatic carbocycles. The summed E-state index contributed by atoms with van der Waals surface area (Å²) >= 11 is 0. The molecule has 0 radical (unpaired) electrons. The number of fused-ring (bicyclic) bond motifs is 1. The third kappa shape index (κ3) is 2.10. The van der Waals surface area contributed by atoms with Gasteiger partial charge in [-0.25, -0.2) is 4.79 Å². The molecule has 0 fully saturated rings. The van der Waals surface area contributed by atoms with Crippen LogP contribution in [0.4, 0.5) is 4.79 Å². The van der Waals surface area contributed by atoms with Gasteiger partial charge in [0.1, 0.15) is 5.75 Å². The second-order valence-electron chi connectivity index (χ2n) is 3.32. The van der Waals surface area contributed by atoms with Gasteiger partial charge in [-0.2, -0.15) is 0 Å². The normalized spacial score (nSPS) is 19.0. The Bertz CT molecular complexity index is 365. The van der Waals surface area contributed by atoms with E-state index in [0.717, 1.165) is 12.0 Å². The maximum absolute atomic E-state index is 11.2. The van der Waals surface area contributed by atoms with Crippen molar-refractivity contribution in [1.82, 2.24) is 5.32 Å². The van der Waals surface area contributed by atoms with Gasteiger partial charge in [-0.05, 0) is 12.5 Å². The summed E-state index contributed by atoms with van der Waals surface area (Å²) in [5.74, 6) is 0.572. The first-order chi connectivity index (χ1) is 7.31. The molecule has 1 aliphatic rings. The summed E-state index contributed by atoms with van der Waals surface area (Å²) in [6, 6.07) is 7.36. The standard InChI is InChI=1S/C11H13NO3/c1-2-7-14-10-8-5-3-4-6-9(8)15-11(13)12-10/h3-6,10H,2,7H2,1H3,(H,12,13)/t10-/m0/s1. The van der Waals surface area contributed by atoms with E-state index in [-0.39, 0.29) is 6.23 Å². The van der Waals surface area contributed by atoms with Gasteiger partial charge < -0.3 is 9.47 Å². The van der Waals surface area contributed by atoms with Crippen LogP contribution in [0.3, 0.4) is 0 Å². The molecule has 1 aromatic carbocycles. The summed E-state index contributed by atoms with van der Waals surface area (Å²) < 4.78 is 10.5. The van der Waals surface area contributed by atoms with E-state index >= 15 is 0 Å². The molecule has 15 heavy (non-hydrogen) atoms. The molecule has 80 valence electrons. The summed E-state index contributed by atoms with van der Waals surface area (Å²) in [5, 5.41) is 2.62. The number of hydrogen-bond donors (Lipinski definition) is 1. The minimum absolute atomic E-state index is 0.387. The number of rotatable bonds is 3. The molecular weight excluding hydrogens is 194 g/mol. The van der Waals surface area contributed by atoms with Crippen LogP contribution in [0.25, 0.3) is 0 Å². The molecule has 0 saturated heterocycles. The number of benzene rings is 1. The lowest BCUT2D eigenvalue weighted by Crippen LogP contribution is -2.37. The summed E-state index contributed by atoms with van der Waals surface area (Å²) in [7, 11) is 0. The van der Waals surface area contributed by atoms with Crippen molar-refractivity contribution >= 4 is 6.09 Å². The summed E-state index contributed by atoms with van der Waals surface area (Å²) in [6.45, 7) is 2.63. The molecule has 0 saturated carbocycles. The van der Waals surface area contributed by atoms with Crippen molar-refractivity contribution < 1.29 is 14.3 Å². The first-order valence-corrected chi connectivity index (χ1v) is 5.00. The van der Waals surface area contributed by atoms with Gasteiger partial charge in [-0.1, -0.05) is 25.1 Å². The maximum Gasteiger partial charge on any atom is 0.414 e.